The number of carbonyl (C=O) groups is 2. The summed E-state index contributed by atoms with van der Waals surface area (Å²) in [5.41, 5.74) is 3.33. The number of hydrogen-bond donors (Lipinski definition) is 2. The number of hydrogen-bond acceptors (Lipinski definition) is 6. The number of benzene rings is 2. The topological polar surface area (TPSA) is 73.9 Å². The fourth-order valence-corrected chi connectivity index (χ4v) is 4.67. The number of rotatable bonds is 8. The Morgan fingerprint density at radius 1 is 1.03 bits per heavy atom. The van der Waals surface area contributed by atoms with Crippen molar-refractivity contribution in [3.63, 3.8) is 0 Å². The van der Waals surface area contributed by atoms with Gasteiger partial charge in [0.2, 0.25) is 0 Å². The lowest BCUT2D eigenvalue weighted by Gasteiger charge is -2.36. The normalized spacial score (nSPS) is 16.4. The van der Waals surface area contributed by atoms with E-state index in [-0.39, 0.29) is 11.8 Å². The quantitative estimate of drug-likeness (QED) is 0.564. The molecule has 0 bridgehead atoms. The maximum atomic E-state index is 12.7. The van der Waals surface area contributed by atoms with E-state index in [2.05, 4.69) is 44.7 Å². The Morgan fingerprint density at radius 3 is 2.56 bits per heavy atom. The van der Waals surface area contributed by atoms with Gasteiger partial charge in [-0.15, -0.1) is 11.8 Å². The first-order valence-electron chi connectivity index (χ1n) is 11.8. The highest BCUT2D eigenvalue weighted by Gasteiger charge is 2.18. The molecule has 0 aliphatic carbocycles. The molecule has 0 spiro atoms. The average Bonchev–Trinajstić information content (AvgIpc) is 2.89. The van der Waals surface area contributed by atoms with Gasteiger partial charge in [-0.05, 0) is 49.7 Å². The molecule has 0 atom stereocenters. The van der Waals surface area contributed by atoms with Crippen molar-refractivity contribution in [2.45, 2.75) is 13.3 Å². The van der Waals surface area contributed by atoms with E-state index in [0.29, 0.717) is 30.2 Å². The number of nitrogens with one attached hydrogen (secondary N) is 2. The van der Waals surface area contributed by atoms with Gasteiger partial charge in [0, 0.05) is 60.8 Å². The second-order valence-corrected chi connectivity index (χ2v) is 9.44. The smallest absolute Gasteiger partial charge is 0.291 e. The number of nitrogens with zero attached hydrogens (tertiary/aromatic N) is 2. The summed E-state index contributed by atoms with van der Waals surface area (Å²) in [6.45, 7) is 8.11. The molecule has 2 aromatic rings. The predicted octanol–water partition coefficient (Wildman–Crippen LogP) is 3.48. The van der Waals surface area contributed by atoms with Gasteiger partial charge in [0.15, 0.2) is 5.76 Å². The molecule has 0 saturated carbocycles. The molecule has 1 fully saturated rings. The summed E-state index contributed by atoms with van der Waals surface area (Å²) in [6, 6.07) is 15.9. The number of para-hydroxylation sites is 1. The van der Waals surface area contributed by atoms with Crippen LogP contribution in [0.25, 0.3) is 0 Å². The molecule has 0 radical (unpaired) electrons. The van der Waals surface area contributed by atoms with Crippen molar-refractivity contribution in [3.8, 4) is 0 Å². The summed E-state index contributed by atoms with van der Waals surface area (Å²) in [6.07, 6.45) is 0.899. The molecular formula is C26H32N4O3S. The van der Waals surface area contributed by atoms with E-state index < -0.39 is 0 Å². The minimum Gasteiger partial charge on any atom is -0.487 e. The highest BCUT2D eigenvalue weighted by atomic mass is 32.2. The van der Waals surface area contributed by atoms with E-state index in [1.165, 1.54) is 5.69 Å². The summed E-state index contributed by atoms with van der Waals surface area (Å²) >= 11 is 1.56. The van der Waals surface area contributed by atoms with Crippen LogP contribution < -0.4 is 15.5 Å². The van der Waals surface area contributed by atoms with Gasteiger partial charge in [-0.1, -0.05) is 24.3 Å². The number of piperazine rings is 1. The lowest BCUT2D eigenvalue weighted by molar-refractivity contribution is -0.116. The maximum absolute atomic E-state index is 12.7. The Hall–Kier alpha value is -2.97. The van der Waals surface area contributed by atoms with Crippen molar-refractivity contribution in [2.24, 2.45) is 0 Å². The Bertz CT molecular complexity index is 1020. The molecule has 0 unspecified atom stereocenters. The van der Waals surface area contributed by atoms with Crippen LogP contribution in [0.3, 0.4) is 0 Å². The minimum absolute atomic E-state index is 0.131. The standard InChI is InChI=1S/C26H32N4O3S/c1-20-8-9-21(18-23(20)28-26(32)24-19-34-17-16-33-24)25(31)27-10-5-11-29-12-14-30(15-13-29)22-6-3-2-4-7-22/h2-4,6-9,18-19H,5,10-17H2,1H3,(H,27,31)(H,28,32). The molecule has 2 amide bonds. The number of thioether (sulfide) groups is 1. The number of anilines is 2. The summed E-state index contributed by atoms with van der Waals surface area (Å²) in [7, 11) is 0. The fraction of sp³-hybridized carbons (Fsp3) is 0.385. The highest BCUT2D eigenvalue weighted by Crippen LogP contribution is 2.21. The number of ether oxygens (including phenoxy) is 1. The van der Waals surface area contributed by atoms with Crippen LogP contribution in [0.1, 0.15) is 22.3 Å². The summed E-state index contributed by atoms with van der Waals surface area (Å²) in [5, 5.41) is 7.60. The molecule has 2 heterocycles. The second-order valence-electron chi connectivity index (χ2n) is 8.46. The molecule has 7 nitrogen and oxygen atoms in total. The van der Waals surface area contributed by atoms with Crippen LogP contribution in [-0.4, -0.2) is 68.3 Å². The Balaban J connectivity index is 1.20. The predicted molar refractivity (Wildman–Crippen MR) is 138 cm³/mol. The van der Waals surface area contributed by atoms with Gasteiger partial charge < -0.3 is 20.3 Å². The number of aryl methyl sites for hydroxylation is 1. The zero-order valence-electron chi connectivity index (χ0n) is 19.6. The van der Waals surface area contributed by atoms with E-state index in [1.807, 2.05) is 19.1 Å². The Morgan fingerprint density at radius 2 is 1.82 bits per heavy atom. The first-order chi connectivity index (χ1) is 16.6. The second kappa shape index (κ2) is 11.9. The van der Waals surface area contributed by atoms with E-state index in [0.717, 1.165) is 50.5 Å². The Kier molecular flexibility index (Phi) is 8.49. The van der Waals surface area contributed by atoms with Crippen LogP contribution in [0.5, 0.6) is 0 Å². The molecule has 0 aromatic heterocycles. The monoisotopic (exact) mass is 480 g/mol. The van der Waals surface area contributed by atoms with Gasteiger partial charge in [0.05, 0.1) is 6.61 Å². The first kappa shape index (κ1) is 24.2. The van der Waals surface area contributed by atoms with Crippen LogP contribution in [0.2, 0.25) is 0 Å². The van der Waals surface area contributed by atoms with Crippen molar-refractivity contribution in [2.75, 3.05) is 61.8 Å². The minimum atomic E-state index is -0.291. The van der Waals surface area contributed by atoms with Crippen molar-refractivity contribution in [1.29, 1.82) is 0 Å². The molecule has 180 valence electrons. The molecule has 2 aliphatic rings. The SMILES string of the molecule is Cc1ccc(C(=O)NCCCN2CCN(c3ccccc3)CC2)cc1NC(=O)C1=CSCCO1. The number of amides is 2. The van der Waals surface area contributed by atoms with Gasteiger partial charge in [0.25, 0.3) is 11.8 Å². The van der Waals surface area contributed by atoms with Gasteiger partial charge in [0.1, 0.15) is 0 Å². The third-order valence-electron chi connectivity index (χ3n) is 6.05. The van der Waals surface area contributed by atoms with Crippen LogP contribution in [0.4, 0.5) is 11.4 Å². The molecule has 2 aliphatic heterocycles. The van der Waals surface area contributed by atoms with Crippen molar-refractivity contribution < 1.29 is 14.3 Å². The van der Waals surface area contributed by atoms with E-state index in [4.69, 9.17) is 4.74 Å². The van der Waals surface area contributed by atoms with Gasteiger partial charge in [-0.25, -0.2) is 0 Å². The van der Waals surface area contributed by atoms with Crippen LogP contribution in [-0.2, 0) is 9.53 Å². The summed E-state index contributed by atoms with van der Waals surface area (Å²) in [4.78, 5) is 30.0. The van der Waals surface area contributed by atoms with Crippen LogP contribution in [0.15, 0.2) is 59.7 Å². The van der Waals surface area contributed by atoms with E-state index in [1.54, 1.807) is 29.3 Å². The average molecular weight is 481 g/mol. The van der Waals surface area contributed by atoms with Crippen molar-refractivity contribution in [3.05, 3.63) is 70.8 Å². The lowest BCUT2D eigenvalue weighted by atomic mass is 10.1. The molecule has 8 heteroatoms. The lowest BCUT2D eigenvalue weighted by Crippen LogP contribution is -2.47. The van der Waals surface area contributed by atoms with Crippen LogP contribution in [0, 0.1) is 6.92 Å². The molecular weight excluding hydrogens is 448 g/mol. The molecule has 4 rings (SSSR count). The molecule has 34 heavy (non-hydrogen) atoms. The molecule has 2 aromatic carbocycles. The van der Waals surface area contributed by atoms with Crippen LogP contribution >= 0.6 is 11.8 Å². The third kappa shape index (κ3) is 6.55. The zero-order chi connectivity index (χ0) is 23.8. The Labute approximate surface area is 205 Å². The largest absolute Gasteiger partial charge is 0.487 e. The van der Waals surface area contributed by atoms with Crippen molar-refractivity contribution in [1.82, 2.24) is 10.2 Å². The van der Waals surface area contributed by atoms with Gasteiger partial charge >= 0.3 is 0 Å². The zero-order valence-corrected chi connectivity index (χ0v) is 20.4. The fourth-order valence-electron chi connectivity index (χ4n) is 4.04. The summed E-state index contributed by atoms with van der Waals surface area (Å²) < 4.78 is 5.42. The maximum Gasteiger partial charge on any atom is 0.291 e. The molecule has 2 N–H and O–H groups in total. The number of carbonyl (C=O) groups excluding carboxylic acids is 2. The first-order valence-corrected chi connectivity index (χ1v) is 12.8. The van der Waals surface area contributed by atoms with E-state index in [9.17, 15) is 9.59 Å². The van der Waals surface area contributed by atoms with Crippen molar-refractivity contribution >= 4 is 35.0 Å². The third-order valence-corrected chi connectivity index (χ3v) is 6.83. The highest BCUT2D eigenvalue weighted by molar-refractivity contribution is 8.02. The van der Waals surface area contributed by atoms with Gasteiger partial charge in [-0.2, -0.15) is 0 Å². The van der Waals surface area contributed by atoms with E-state index >= 15 is 0 Å². The van der Waals surface area contributed by atoms with Gasteiger partial charge in [-0.3, -0.25) is 14.5 Å². The summed E-state index contributed by atoms with van der Waals surface area (Å²) in [5.74, 6) is 0.735. The molecule has 1 saturated heterocycles.